The van der Waals surface area contributed by atoms with E-state index in [0.717, 1.165) is 22.3 Å². The van der Waals surface area contributed by atoms with Crippen LogP contribution in [0.15, 0.2) is 42.5 Å². The third kappa shape index (κ3) is 5.07. The minimum Gasteiger partial charge on any atom is -0.508 e. The first kappa shape index (κ1) is 19.5. The van der Waals surface area contributed by atoms with E-state index in [9.17, 15) is 14.7 Å². The molecule has 0 saturated carbocycles. The molecule has 0 saturated heterocycles. The van der Waals surface area contributed by atoms with Crippen LogP contribution >= 0.6 is 0 Å². The maximum absolute atomic E-state index is 12.4. The van der Waals surface area contributed by atoms with Gasteiger partial charge in [0.05, 0.1) is 6.04 Å². The minimum atomic E-state index is -0.824. The van der Waals surface area contributed by atoms with Gasteiger partial charge >= 0.3 is 0 Å². The third-order valence-corrected chi connectivity index (χ3v) is 4.38. The summed E-state index contributed by atoms with van der Waals surface area (Å²) in [6, 6.07) is 10.9. The van der Waals surface area contributed by atoms with Crippen molar-refractivity contribution in [2.24, 2.45) is 11.5 Å². The Morgan fingerprint density at radius 2 is 1.65 bits per heavy atom. The van der Waals surface area contributed by atoms with E-state index in [0.29, 0.717) is 12.8 Å². The Hall–Kier alpha value is -2.86. The largest absolute Gasteiger partial charge is 0.508 e. The molecule has 0 heterocycles. The molecule has 2 atom stereocenters. The zero-order valence-electron chi connectivity index (χ0n) is 15.0. The van der Waals surface area contributed by atoms with Gasteiger partial charge in [-0.2, -0.15) is 0 Å². The van der Waals surface area contributed by atoms with Crippen LogP contribution < -0.4 is 16.8 Å². The molecule has 0 aliphatic rings. The van der Waals surface area contributed by atoms with Gasteiger partial charge in [-0.1, -0.05) is 30.3 Å². The second-order valence-corrected chi connectivity index (χ2v) is 6.52. The number of primary amides is 1. The third-order valence-electron chi connectivity index (χ3n) is 4.38. The van der Waals surface area contributed by atoms with Crippen LogP contribution in [0.4, 0.5) is 0 Å². The van der Waals surface area contributed by atoms with E-state index in [-0.39, 0.29) is 5.75 Å². The fraction of sp³-hybridized carbons (Fsp3) is 0.300. The highest BCUT2D eigenvalue weighted by atomic mass is 16.3. The molecular formula is C20H25N3O3. The summed E-state index contributed by atoms with van der Waals surface area (Å²) in [5, 5.41) is 12.3. The second-order valence-electron chi connectivity index (χ2n) is 6.52. The minimum absolute atomic E-state index is 0.179. The van der Waals surface area contributed by atoms with Crippen LogP contribution in [0.1, 0.15) is 22.3 Å². The Balaban J connectivity index is 2.06. The van der Waals surface area contributed by atoms with Gasteiger partial charge < -0.3 is 21.9 Å². The molecule has 0 aliphatic carbocycles. The molecule has 2 aromatic carbocycles. The quantitative estimate of drug-likeness (QED) is 0.594. The molecule has 2 rings (SSSR count). The molecule has 0 aromatic heterocycles. The van der Waals surface area contributed by atoms with Gasteiger partial charge in [-0.3, -0.25) is 9.59 Å². The number of hydrogen-bond acceptors (Lipinski definition) is 4. The molecule has 6 heteroatoms. The number of aromatic hydroxyl groups is 1. The topological polar surface area (TPSA) is 118 Å². The van der Waals surface area contributed by atoms with Crippen molar-refractivity contribution in [2.75, 3.05) is 0 Å². The van der Waals surface area contributed by atoms with E-state index < -0.39 is 23.9 Å². The molecule has 0 spiro atoms. The maximum Gasteiger partial charge on any atom is 0.240 e. The summed E-state index contributed by atoms with van der Waals surface area (Å²) >= 11 is 0. The number of aryl methyl sites for hydroxylation is 2. The van der Waals surface area contributed by atoms with Crippen LogP contribution in [-0.4, -0.2) is 29.0 Å². The number of carbonyl (C=O) groups is 2. The highest BCUT2D eigenvalue weighted by molar-refractivity contribution is 5.89. The van der Waals surface area contributed by atoms with E-state index in [1.807, 2.05) is 44.2 Å². The molecule has 0 fully saturated rings. The molecule has 6 N–H and O–H groups in total. The standard InChI is InChI=1S/C20H25N3O3/c1-12-8-15(24)9-13(2)16(12)11-17(21)20(26)23-18(19(22)25)10-14-6-4-3-5-7-14/h3-9,17-18,24H,10-11,21H2,1-2H3,(H2,22,25)(H,23,26)/t17-,18+/m0/s1. The van der Waals surface area contributed by atoms with Crippen LogP contribution in [0.25, 0.3) is 0 Å². The monoisotopic (exact) mass is 355 g/mol. The summed E-state index contributed by atoms with van der Waals surface area (Å²) in [7, 11) is 0. The van der Waals surface area contributed by atoms with Crippen molar-refractivity contribution >= 4 is 11.8 Å². The molecular weight excluding hydrogens is 330 g/mol. The number of nitrogens with one attached hydrogen (secondary N) is 1. The Morgan fingerprint density at radius 1 is 1.08 bits per heavy atom. The van der Waals surface area contributed by atoms with Gasteiger partial charge in [0, 0.05) is 6.42 Å². The molecule has 0 aliphatic heterocycles. The van der Waals surface area contributed by atoms with Gasteiger partial charge in [-0.15, -0.1) is 0 Å². The van der Waals surface area contributed by atoms with Crippen molar-refractivity contribution in [1.82, 2.24) is 5.32 Å². The first-order valence-electron chi connectivity index (χ1n) is 8.46. The smallest absolute Gasteiger partial charge is 0.240 e. The van der Waals surface area contributed by atoms with Crippen LogP contribution in [0.3, 0.4) is 0 Å². The van der Waals surface area contributed by atoms with Crippen LogP contribution in [0, 0.1) is 13.8 Å². The van der Waals surface area contributed by atoms with E-state index in [1.165, 1.54) is 0 Å². The van der Waals surface area contributed by atoms with E-state index in [2.05, 4.69) is 5.32 Å². The Bertz CT molecular complexity index is 767. The van der Waals surface area contributed by atoms with Gasteiger partial charge in [0.15, 0.2) is 0 Å². The normalized spacial score (nSPS) is 13.0. The Labute approximate surface area is 153 Å². The van der Waals surface area contributed by atoms with Crippen molar-refractivity contribution in [1.29, 1.82) is 0 Å². The Kier molecular flexibility index (Phi) is 6.36. The lowest BCUT2D eigenvalue weighted by molar-refractivity contribution is -0.128. The number of amides is 2. The molecule has 0 bridgehead atoms. The molecule has 138 valence electrons. The predicted octanol–water partition coefficient (Wildman–Crippen LogP) is 1.09. The van der Waals surface area contributed by atoms with Crippen molar-refractivity contribution in [2.45, 2.75) is 38.8 Å². The fourth-order valence-corrected chi connectivity index (χ4v) is 2.96. The highest BCUT2D eigenvalue weighted by Gasteiger charge is 2.23. The van der Waals surface area contributed by atoms with Gasteiger partial charge in [-0.05, 0) is 54.7 Å². The highest BCUT2D eigenvalue weighted by Crippen LogP contribution is 2.21. The molecule has 2 amide bonds. The van der Waals surface area contributed by atoms with Gasteiger partial charge in [-0.25, -0.2) is 0 Å². The molecule has 2 aromatic rings. The number of phenolic OH excluding ortho intramolecular Hbond substituents is 1. The van der Waals surface area contributed by atoms with Crippen LogP contribution in [0.2, 0.25) is 0 Å². The number of rotatable bonds is 7. The summed E-state index contributed by atoms with van der Waals surface area (Å²) in [5.41, 5.74) is 15.0. The first-order valence-corrected chi connectivity index (χ1v) is 8.46. The zero-order valence-corrected chi connectivity index (χ0v) is 15.0. The van der Waals surface area contributed by atoms with Gasteiger partial charge in [0.2, 0.25) is 11.8 Å². The summed E-state index contributed by atoms with van der Waals surface area (Å²) < 4.78 is 0. The molecule has 0 radical (unpaired) electrons. The summed E-state index contributed by atoms with van der Waals surface area (Å²) in [6.45, 7) is 3.71. The summed E-state index contributed by atoms with van der Waals surface area (Å²) in [5.74, 6) is -0.860. The van der Waals surface area contributed by atoms with Gasteiger partial charge in [0.1, 0.15) is 11.8 Å². The molecule has 26 heavy (non-hydrogen) atoms. The van der Waals surface area contributed by atoms with E-state index in [4.69, 9.17) is 11.5 Å². The predicted molar refractivity (Wildman–Crippen MR) is 101 cm³/mol. The van der Waals surface area contributed by atoms with E-state index >= 15 is 0 Å². The van der Waals surface area contributed by atoms with Crippen molar-refractivity contribution in [3.63, 3.8) is 0 Å². The molecule has 0 unspecified atom stereocenters. The van der Waals surface area contributed by atoms with Crippen LogP contribution in [-0.2, 0) is 22.4 Å². The number of nitrogens with two attached hydrogens (primary N) is 2. The van der Waals surface area contributed by atoms with Crippen molar-refractivity contribution < 1.29 is 14.7 Å². The summed E-state index contributed by atoms with van der Waals surface area (Å²) in [4.78, 5) is 24.2. The lowest BCUT2D eigenvalue weighted by atomic mass is 9.95. The first-order chi connectivity index (χ1) is 12.3. The van der Waals surface area contributed by atoms with Crippen molar-refractivity contribution in [3.8, 4) is 5.75 Å². The number of phenols is 1. The van der Waals surface area contributed by atoms with Crippen LogP contribution in [0.5, 0.6) is 5.75 Å². The zero-order chi connectivity index (χ0) is 19.3. The van der Waals surface area contributed by atoms with Crippen molar-refractivity contribution in [3.05, 3.63) is 64.7 Å². The number of carbonyl (C=O) groups excluding carboxylic acids is 2. The number of benzene rings is 2. The van der Waals surface area contributed by atoms with E-state index in [1.54, 1.807) is 12.1 Å². The number of hydrogen-bond donors (Lipinski definition) is 4. The Morgan fingerprint density at radius 3 is 2.19 bits per heavy atom. The summed E-state index contributed by atoms with van der Waals surface area (Å²) in [6.07, 6.45) is 0.618. The lowest BCUT2D eigenvalue weighted by Crippen LogP contribution is -2.52. The second kappa shape index (κ2) is 8.49. The lowest BCUT2D eigenvalue weighted by Gasteiger charge is -2.20. The fourth-order valence-electron chi connectivity index (χ4n) is 2.96. The maximum atomic E-state index is 12.4. The molecule has 6 nitrogen and oxygen atoms in total. The average molecular weight is 355 g/mol. The van der Waals surface area contributed by atoms with Gasteiger partial charge in [0.25, 0.3) is 0 Å². The average Bonchev–Trinajstić information content (AvgIpc) is 2.58. The SMILES string of the molecule is Cc1cc(O)cc(C)c1C[C@H](N)C(=O)N[C@H](Cc1ccccc1)C(N)=O.